The van der Waals surface area contributed by atoms with Gasteiger partial charge in [-0.15, -0.1) is 11.8 Å². The maximum Gasteiger partial charge on any atom is 0.319 e. The van der Waals surface area contributed by atoms with Crippen molar-refractivity contribution in [1.29, 1.82) is 0 Å². The normalized spacial score (nSPS) is 24.5. The van der Waals surface area contributed by atoms with Gasteiger partial charge in [-0.25, -0.2) is 0 Å². The van der Waals surface area contributed by atoms with E-state index in [1.807, 2.05) is 12.1 Å². The highest BCUT2D eigenvalue weighted by Crippen LogP contribution is 2.41. The summed E-state index contributed by atoms with van der Waals surface area (Å²) in [4.78, 5) is 15.3. The fourth-order valence-electron chi connectivity index (χ4n) is 2.07. The molecule has 16 heavy (non-hydrogen) atoms. The quantitative estimate of drug-likeness (QED) is 0.873. The Hall–Kier alpha value is -1.03. The minimum absolute atomic E-state index is 0.538. The molecule has 1 fully saturated rings. The summed E-state index contributed by atoms with van der Waals surface area (Å²) in [7, 11) is 0. The Balaban J connectivity index is 2.00. The number of pyridine rings is 1. The molecule has 0 saturated carbocycles. The van der Waals surface area contributed by atoms with Crippen molar-refractivity contribution in [3.63, 3.8) is 0 Å². The Morgan fingerprint density at radius 3 is 2.81 bits per heavy atom. The van der Waals surface area contributed by atoms with Gasteiger partial charge in [0, 0.05) is 12.4 Å². The Bertz CT molecular complexity index is 361. The number of aromatic nitrogens is 1. The monoisotopic (exact) mass is 237 g/mol. The van der Waals surface area contributed by atoms with E-state index in [0.29, 0.717) is 0 Å². The van der Waals surface area contributed by atoms with Crippen molar-refractivity contribution >= 4 is 17.7 Å². The number of rotatable bonds is 4. The number of aryl methyl sites for hydroxylation is 1. The molecule has 1 aliphatic rings. The van der Waals surface area contributed by atoms with Crippen LogP contribution in [-0.2, 0) is 11.2 Å². The van der Waals surface area contributed by atoms with Crippen LogP contribution in [0.25, 0.3) is 0 Å². The first kappa shape index (κ1) is 11.5. The molecule has 1 N–H and O–H groups in total. The average Bonchev–Trinajstić information content (AvgIpc) is 2.78. The lowest BCUT2D eigenvalue weighted by Gasteiger charge is -2.22. The van der Waals surface area contributed by atoms with Crippen molar-refractivity contribution in [2.24, 2.45) is 0 Å². The fraction of sp³-hybridized carbons (Fsp3) is 0.500. The maximum absolute atomic E-state index is 11.3. The molecule has 4 heteroatoms. The molecule has 1 saturated heterocycles. The molecule has 0 amide bonds. The third-order valence-electron chi connectivity index (χ3n) is 3.06. The van der Waals surface area contributed by atoms with E-state index in [1.54, 1.807) is 24.2 Å². The molecular weight excluding hydrogens is 222 g/mol. The van der Waals surface area contributed by atoms with Gasteiger partial charge in [-0.3, -0.25) is 9.78 Å². The topological polar surface area (TPSA) is 50.2 Å². The Morgan fingerprint density at radius 1 is 1.50 bits per heavy atom. The first-order valence-corrected chi connectivity index (χ1v) is 6.48. The van der Waals surface area contributed by atoms with Crippen LogP contribution in [0.5, 0.6) is 0 Å². The van der Waals surface area contributed by atoms with Crippen molar-refractivity contribution in [1.82, 2.24) is 4.98 Å². The van der Waals surface area contributed by atoms with Crippen LogP contribution in [0.4, 0.5) is 0 Å². The number of carboxylic acid groups (broad SMARTS) is 1. The predicted octanol–water partition coefficient (Wildman–Crippen LogP) is 2.36. The molecule has 0 aliphatic carbocycles. The first-order chi connectivity index (χ1) is 7.73. The van der Waals surface area contributed by atoms with Gasteiger partial charge in [-0.2, -0.15) is 0 Å². The molecular formula is C12H15NO2S. The van der Waals surface area contributed by atoms with Crippen LogP contribution in [0.3, 0.4) is 0 Å². The molecule has 0 bridgehead atoms. The minimum Gasteiger partial charge on any atom is -0.480 e. The SMILES string of the molecule is O=C(O)C1(CCc2ccncc2)CCCS1. The molecule has 1 unspecified atom stereocenters. The zero-order valence-corrected chi connectivity index (χ0v) is 9.87. The number of carbonyl (C=O) groups is 1. The predicted molar refractivity (Wildman–Crippen MR) is 64.6 cm³/mol. The van der Waals surface area contributed by atoms with E-state index < -0.39 is 10.7 Å². The smallest absolute Gasteiger partial charge is 0.319 e. The lowest BCUT2D eigenvalue weighted by atomic mass is 9.95. The van der Waals surface area contributed by atoms with Gasteiger partial charge in [0.2, 0.25) is 0 Å². The summed E-state index contributed by atoms with van der Waals surface area (Å²) in [5.74, 6) is 0.326. The van der Waals surface area contributed by atoms with Gasteiger partial charge in [0.1, 0.15) is 4.75 Å². The zero-order valence-electron chi connectivity index (χ0n) is 9.06. The molecule has 1 aliphatic heterocycles. The van der Waals surface area contributed by atoms with E-state index >= 15 is 0 Å². The number of carboxylic acids is 1. The van der Waals surface area contributed by atoms with E-state index in [0.717, 1.165) is 31.4 Å². The average molecular weight is 237 g/mol. The van der Waals surface area contributed by atoms with Gasteiger partial charge in [0.25, 0.3) is 0 Å². The Labute approximate surface area is 99.3 Å². The summed E-state index contributed by atoms with van der Waals surface area (Å²) in [5.41, 5.74) is 1.17. The van der Waals surface area contributed by atoms with Crippen molar-refractivity contribution in [2.45, 2.75) is 30.4 Å². The van der Waals surface area contributed by atoms with Gasteiger partial charge in [0.05, 0.1) is 0 Å². The highest BCUT2D eigenvalue weighted by atomic mass is 32.2. The van der Waals surface area contributed by atoms with E-state index in [1.165, 1.54) is 5.56 Å². The standard InChI is InChI=1S/C12H15NO2S/c14-11(15)12(5-1-9-16-12)6-2-10-3-7-13-8-4-10/h3-4,7-8H,1-2,5-6,9H2,(H,14,15). The van der Waals surface area contributed by atoms with Gasteiger partial charge < -0.3 is 5.11 Å². The van der Waals surface area contributed by atoms with Crippen LogP contribution in [0.2, 0.25) is 0 Å². The van der Waals surface area contributed by atoms with Crippen LogP contribution in [0, 0.1) is 0 Å². The molecule has 2 rings (SSSR count). The van der Waals surface area contributed by atoms with Gasteiger partial charge in [-0.1, -0.05) is 0 Å². The number of aliphatic carboxylic acids is 1. The molecule has 3 nitrogen and oxygen atoms in total. The molecule has 1 aromatic rings. The molecule has 86 valence electrons. The highest BCUT2D eigenvalue weighted by Gasteiger charge is 2.41. The molecule has 1 atom stereocenters. The second-order valence-electron chi connectivity index (χ2n) is 4.11. The van der Waals surface area contributed by atoms with Crippen LogP contribution in [0.1, 0.15) is 24.8 Å². The first-order valence-electron chi connectivity index (χ1n) is 5.49. The van der Waals surface area contributed by atoms with Crippen molar-refractivity contribution in [2.75, 3.05) is 5.75 Å². The van der Waals surface area contributed by atoms with Crippen molar-refractivity contribution in [3.8, 4) is 0 Å². The Morgan fingerprint density at radius 2 is 2.25 bits per heavy atom. The minimum atomic E-state index is -0.649. The van der Waals surface area contributed by atoms with Gasteiger partial charge in [0.15, 0.2) is 0 Å². The third-order valence-corrected chi connectivity index (χ3v) is 4.69. The molecule has 0 aromatic carbocycles. The summed E-state index contributed by atoms with van der Waals surface area (Å²) in [6.07, 6.45) is 6.87. The van der Waals surface area contributed by atoms with Gasteiger partial charge >= 0.3 is 5.97 Å². The van der Waals surface area contributed by atoms with Crippen LogP contribution >= 0.6 is 11.8 Å². The highest BCUT2D eigenvalue weighted by molar-refractivity contribution is 8.01. The van der Waals surface area contributed by atoms with Crippen molar-refractivity contribution < 1.29 is 9.90 Å². The molecule has 0 radical (unpaired) electrons. The number of thioether (sulfide) groups is 1. The number of nitrogens with zero attached hydrogens (tertiary/aromatic N) is 1. The maximum atomic E-state index is 11.3. The third kappa shape index (κ3) is 2.38. The largest absolute Gasteiger partial charge is 0.480 e. The lowest BCUT2D eigenvalue weighted by molar-refractivity contribution is -0.140. The molecule has 1 aromatic heterocycles. The molecule has 0 spiro atoms. The second-order valence-corrected chi connectivity index (χ2v) is 5.59. The summed E-state index contributed by atoms with van der Waals surface area (Å²) in [6, 6.07) is 3.91. The van der Waals surface area contributed by atoms with Crippen LogP contribution in [0.15, 0.2) is 24.5 Å². The summed E-state index contributed by atoms with van der Waals surface area (Å²) >= 11 is 1.60. The van der Waals surface area contributed by atoms with Crippen LogP contribution < -0.4 is 0 Å². The van der Waals surface area contributed by atoms with Gasteiger partial charge in [-0.05, 0) is 49.1 Å². The Kier molecular flexibility index (Phi) is 3.49. The number of hydrogen-bond donors (Lipinski definition) is 1. The van der Waals surface area contributed by atoms with E-state index in [9.17, 15) is 9.90 Å². The summed E-state index contributed by atoms with van der Waals surface area (Å²) in [6.45, 7) is 0. The zero-order chi connectivity index (χ0) is 11.4. The van der Waals surface area contributed by atoms with E-state index in [4.69, 9.17) is 0 Å². The second kappa shape index (κ2) is 4.87. The van der Waals surface area contributed by atoms with E-state index in [-0.39, 0.29) is 0 Å². The summed E-state index contributed by atoms with van der Waals surface area (Å²) < 4.78 is -0.538. The fourth-order valence-corrected chi connectivity index (χ4v) is 3.40. The molecule has 2 heterocycles. The van der Waals surface area contributed by atoms with E-state index in [2.05, 4.69) is 4.98 Å². The van der Waals surface area contributed by atoms with Crippen LogP contribution in [-0.4, -0.2) is 26.6 Å². The number of hydrogen-bond acceptors (Lipinski definition) is 3. The summed E-state index contributed by atoms with van der Waals surface area (Å²) in [5, 5.41) is 9.31. The van der Waals surface area contributed by atoms with Crippen molar-refractivity contribution in [3.05, 3.63) is 30.1 Å². The lowest BCUT2D eigenvalue weighted by Crippen LogP contribution is -2.32.